The third-order valence-electron chi connectivity index (χ3n) is 2.03. The second kappa shape index (κ2) is 6.25. The van der Waals surface area contributed by atoms with E-state index in [4.69, 9.17) is 24.9 Å². The van der Waals surface area contributed by atoms with Crippen molar-refractivity contribution in [2.45, 2.75) is 0 Å². The van der Waals surface area contributed by atoms with E-state index >= 15 is 0 Å². The molecule has 0 spiro atoms. The van der Waals surface area contributed by atoms with Gasteiger partial charge in [-0.1, -0.05) is 30.3 Å². The molecule has 1 aromatic carbocycles. The Kier molecular flexibility index (Phi) is 5.28. The van der Waals surface area contributed by atoms with Crippen LogP contribution in [0.1, 0.15) is 0 Å². The number of rotatable bonds is 6. The van der Waals surface area contributed by atoms with Crippen molar-refractivity contribution in [3.8, 4) is 0 Å². The molecular formula is C10H15ClO3Si. The number of hydrogen-bond acceptors (Lipinski definition) is 3. The Morgan fingerprint density at radius 3 is 2.20 bits per heavy atom. The summed E-state index contributed by atoms with van der Waals surface area (Å²) in [7, 11) is 0.463. The van der Waals surface area contributed by atoms with Gasteiger partial charge in [0, 0.05) is 25.3 Å². The first-order valence-corrected chi connectivity index (χ1v) is 6.90. The van der Waals surface area contributed by atoms with Crippen LogP contribution in [0.25, 0.3) is 0 Å². The van der Waals surface area contributed by atoms with Crippen LogP contribution in [-0.4, -0.2) is 35.5 Å². The predicted octanol–water partition coefficient (Wildman–Crippen LogP) is 1.38. The van der Waals surface area contributed by atoms with Crippen molar-refractivity contribution >= 4 is 25.6 Å². The Balaban J connectivity index is 2.89. The summed E-state index contributed by atoms with van der Waals surface area (Å²) in [6, 6.07) is 9.68. The van der Waals surface area contributed by atoms with Crippen LogP contribution in [0, 0.1) is 0 Å². The van der Waals surface area contributed by atoms with Gasteiger partial charge in [-0.3, -0.25) is 0 Å². The van der Waals surface area contributed by atoms with Crippen molar-refractivity contribution in [2.24, 2.45) is 0 Å². The van der Waals surface area contributed by atoms with Crippen molar-refractivity contribution in [3.63, 3.8) is 0 Å². The Hall–Kier alpha value is -0.393. The molecule has 1 rings (SSSR count). The van der Waals surface area contributed by atoms with Crippen molar-refractivity contribution in [3.05, 3.63) is 30.3 Å². The first-order chi connectivity index (χ1) is 7.29. The number of halogens is 1. The topological polar surface area (TPSA) is 27.7 Å². The number of alkyl halides is 1. The molecule has 0 atom stereocenters. The molecule has 0 radical (unpaired) electrons. The maximum Gasteiger partial charge on any atom is 0.536 e. The fraction of sp³-hybridized carbons (Fsp3) is 0.400. The molecule has 0 aliphatic heterocycles. The zero-order valence-corrected chi connectivity index (χ0v) is 10.7. The lowest BCUT2D eigenvalue weighted by molar-refractivity contribution is 0.120. The first-order valence-electron chi connectivity index (χ1n) is 4.65. The molecule has 0 unspecified atom stereocenters. The van der Waals surface area contributed by atoms with E-state index in [1.165, 1.54) is 0 Å². The Morgan fingerprint density at radius 1 is 1.13 bits per heavy atom. The quantitative estimate of drug-likeness (QED) is 0.561. The summed E-state index contributed by atoms with van der Waals surface area (Å²) in [5.74, 6) is 0.425. The smallest absolute Gasteiger partial charge is 0.373 e. The van der Waals surface area contributed by atoms with E-state index in [9.17, 15) is 0 Å². The van der Waals surface area contributed by atoms with E-state index in [0.29, 0.717) is 12.5 Å². The third kappa shape index (κ3) is 3.03. The highest BCUT2D eigenvalue weighted by atomic mass is 35.5. The Labute approximate surface area is 96.3 Å². The van der Waals surface area contributed by atoms with Crippen molar-refractivity contribution in [1.29, 1.82) is 0 Å². The summed E-state index contributed by atoms with van der Waals surface area (Å²) in [5, 5.41) is 0.945. The van der Waals surface area contributed by atoms with E-state index in [2.05, 4.69) is 0 Å². The molecule has 0 aromatic heterocycles. The van der Waals surface area contributed by atoms with Crippen molar-refractivity contribution in [1.82, 2.24) is 0 Å². The number of hydrogen-bond donors (Lipinski definition) is 0. The highest BCUT2D eigenvalue weighted by Gasteiger charge is 2.41. The molecule has 0 saturated heterocycles. The maximum atomic E-state index is 5.63. The monoisotopic (exact) mass is 246 g/mol. The highest BCUT2D eigenvalue weighted by molar-refractivity contribution is 6.75. The standard InChI is InChI=1S/C10H15ClO3Si/c1-12-15(13-2,14-9-8-11)10-6-4-3-5-7-10/h3-7H,8-9H2,1-2H3. The van der Waals surface area contributed by atoms with Crippen LogP contribution in [0.4, 0.5) is 0 Å². The fourth-order valence-corrected chi connectivity index (χ4v) is 3.55. The predicted molar refractivity (Wildman–Crippen MR) is 62.5 cm³/mol. The molecular weight excluding hydrogens is 232 g/mol. The molecule has 0 N–H and O–H groups in total. The van der Waals surface area contributed by atoms with Crippen LogP contribution in [0.3, 0.4) is 0 Å². The molecule has 3 nitrogen and oxygen atoms in total. The van der Waals surface area contributed by atoms with Crippen molar-refractivity contribution < 1.29 is 13.3 Å². The van der Waals surface area contributed by atoms with Gasteiger partial charge in [0.25, 0.3) is 0 Å². The van der Waals surface area contributed by atoms with Crippen LogP contribution in [0.2, 0.25) is 0 Å². The SMILES string of the molecule is CO[Si](OC)(OCCCl)c1ccccc1. The zero-order valence-electron chi connectivity index (χ0n) is 8.90. The fourth-order valence-electron chi connectivity index (χ4n) is 1.34. The minimum Gasteiger partial charge on any atom is -0.373 e. The van der Waals surface area contributed by atoms with Gasteiger partial charge in [-0.25, -0.2) is 0 Å². The molecule has 0 fully saturated rings. The molecule has 5 heteroatoms. The summed E-state index contributed by atoms with van der Waals surface area (Å²) in [4.78, 5) is 0. The van der Waals surface area contributed by atoms with Gasteiger partial charge in [0.2, 0.25) is 0 Å². The average Bonchev–Trinajstić information content (AvgIpc) is 2.33. The van der Waals surface area contributed by atoms with Gasteiger partial charge in [0.15, 0.2) is 0 Å². The van der Waals surface area contributed by atoms with E-state index in [-0.39, 0.29) is 0 Å². The van der Waals surface area contributed by atoms with E-state index in [1.54, 1.807) is 14.2 Å². The van der Waals surface area contributed by atoms with Crippen LogP contribution in [0.5, 0.6) is 0 Å². The Bertz CT molecular complexity index is 277. The van der Waals surface area contributed by atoms with Gasteiger partial charge in [0.05, 0.1) is 6.61 Å². The lowest BCUT2D eigenvalue weighted by Gasteiger charge is -2.26. The number of benzene rings is 1. The zero-order chi connectivity index (χ0) is 11.1. The molecule has 84 valence electrons. The van der Waals surface area contributed by atoms with Crippen LogP contribution in [-0.2, 0) is 13.3 Å². The highest BCUT2D eigenvalue weighted by Crippen LogP contribution is 2.08. The lowest BCUT2D eigenvalue weighted by Crippen LogP contribution is -2.55. The third-order valence-corrected chi connectivity index (χ3v) is 4.89. The van der Waals surface area contributed by atoms with Crippen LogP contribution < -0.4 is 5.19 Å². The van der Waals surface area contributed by atoms with Gasteiger partial charge < -0.3 is 13.3 Å². The van der Waals surface area contributed by atoms with Gasteiger partial charge in [-0.15, -0.1) is 11.6 Å². The second-order valence-electron chi connectivity index (χ2n) is 2.87. The molecule has 0 aliphatic rings. The minimum atomic E-state index is -2.72. The lowest BCUT2D eigenvalue weighted by atomic mass is 10.4. The van der Waals surface area contributed by atoms with Gasteiger partial charge >= 0.3 is 8.80 Å². The normalized spacial score (nSPS) is 11.7. The molecule has 0 aliphatic carbocycles. The molecule has 1 aromatic rings. The summed E-state index contributed by atoms with van der Waals surface area (Å²) in [6.45, 7) is 0.421. The van der Waals surface area contributed by atoms with E-state index < -0.39 is 8.80 Å². The summed E-state index contributed by atoms with van der Waals surface area (Å²) < 4.78 is 16.4. The van der Waals surface area contributed by atoms with Crippen LogP contribution in [0.15, 0.2) is 30.3 Å². The Morgan fingerprint density at radius 2 is 1.73 bits per heavy atom. The largest absolute Gasteiger partial charge is 0.536 e. The van der Waals surface area contributed by atoms with Crippen molar-refractivity contribution in [2.75, 3.05) is 26.7 Å². The molecule has 0 amide bonds. The van der Waals surface area contributed by atoms with E-state index in [1.807, 2.05) is 30.3 Å². The summed E-state index contributed by atoms with van der Waals surface area (Å²) in [5.41, 5.74) is 0. The van der Waals surface area contributed by atoms with E-state index in [0.717, 1.165) is 5.19 Å². The van der Waals surface area contributed by atoms with Crippen LogP contribution >= 0.6 is 11.6 Å². The molecule has 0 saturated carbocycles. The van der Waals surface area contributed by atoms with Gasteiger partial charge in [-0.2, -0.15) is 0 Å². The molecule has 0 heterocycles. The minimum absolute atomic E-state index is 0.421. The summed E-state index contributed by atoms with van der Waals surface area (Å²) in [6.07, 6.45) is 0. The molecule has 0 bridgehead atoms. The molecule has 15 heavy (non-hydrogen) atoms. The summed E-state index contributed by atoms with van der Waals surface area (Å²) >= 11 is 5.60. The first kappa shape index (κ1) is 12.7. The van der Waals surface area contributed by atoms with Gasteiger partial charge in [0.1, 0.15) is 0 Å². The van der Waals surface area contributed by atoms with Gasteiger partial charge in [-0.05, 0) is 0 Å². The second-order valence-corrected chi connectivity index (χ2v) is 6.04. The average molecular weight is 247 g/mol. The maximum absolute atomic E-state index is 5.63.